The Morgan fingerprint density at radius 2 is 2.04 bits per heavy atom. The lowest BCUT2D eigenvalue weighted by atomic mass is 9.86. The van der Waals surface area contributed by atoms with E-state index in [1.165, 1.54) is 0 Å². The van der Waals surface area contributed by atoms with Crippen LogP contribution in [0.1, 0.15) is 69.7 Å². The number of urea groups is 1. The predicted octanol–water partition coefficient (Wildman–Crippen LogP) is 3.27. The minimum Gasteiger partial charge on any atom is -0.396 e. The number of hydrogen-bond acceptors (Lipinski definition) is 4. The first kappa shape index (κ1) is 18.8. The van der Waals surface area contributed by atoms with Gasteiger partial charge in [0.15, 0.2) is 5.76 Å². The van der Waals surface area contributed by atoms with Crippen LogP contribution in [-0.4, -0.2) is 40.9 Å². The van der Waals surface area contributed by atoms with Gasteiger partial charge in [-0.05, 0) is 44.4 Å². The summed E-state index contributed by atoms with van der Waals surface area (Å²) in [7, 11) is 1.84. The summed E-state index contributed by atoms with van der Waals surface area (Å²) in [6.07, 6.45) is 5.95. The molecular formula is C18H31N3O3. The number of nitrogens with zero attached hydrogens (tertiary/aromatic N) is 2. The number of aliphatic hydroxyl groups excluding tert-OH is 1. The minimum absolute atomic E-state index is 0.0806. The molecule has 6 heteroatoms. The molecule has 6 nitrogen and oxygen atoms in total. The van der Waals surface area contributed by atoms with Crippen LogP contribution in [0.5, 0.6) is 0 Å². The van der Waals surface area contributed by atoms with E-state index in [2.05, 4.69) is 24.3 Å². The summed E-state index contributed by atoms with van der Waals surface area (Å²) in [6.45, 7) is 4.91. The van der Waals surface area contributed by atoms with Crippen molar-refractivity contribution in [3.8, 4) is 0 Å². The Bertz CT molecular complexity index is 505. The first-order valence-electron chi connectivity index (χ1n) is 9.15. The molecule has 24 heavy (non-hydrogen) atoms. The quantitative estimate of drug-likeness (QED) is 0.800. The number of aromatic nitrogens is 1. The Morgan fingerprint density at radius 3 is 2.62 bits per heavy atom. The maximum absolute atomic E-state index is 12.3. The zero-order valence-corrected chi connectivity index (χ0v) is 15.1. The van der Waals surface area contributed by atoms with Crippen LogP contribution < -0.4 is 5.32 Å². The normalized spacial score (nSPS) is 21.0. The van der Waals surface area contributed by atoms with E-state index in [9.17, 15) is 9.90 Å². The largest absolute Gasteiger partial charge is 0.396 e. The fourth-order valence-electron chi connectivity index (χ4n) is 3.48. The van der Waals surface area contributed by atoms with Crippen LogP contribution in [-0.2, 0) is 6.54 Å². The fraction of sp³-hybridized carbons (Fsp3) is 0.778. The minimum atomic E-state index is -0.0806. The van der Waals surface area contributed by atoms with E-state index in [4.69, 9.17) is 4.52 Å². The average molecular weight is 337 g/mol. The van der Waals surface area contributed by atoms with E-state index in [0.29, 0.717) is 24.1 Å². The molecule has 0 radical (unpaired) electrons. The van der Waals surface area contributed by atoms with Crippen molar-refractivity contribution < 1.29 is 14.4 Å². The molecule has 0 atom stereocenters. The second-order valence-corrected chi connectivity index (χ2v) is 6.86. The average Bonchev–Trinajstić information content (AvgIpc) is 3.09. The highest BCUT2D eigenvalue weighted by Crippen LogP contribution is 2.26. The highest BCUT2D eigenvalue weighted by atomic mass is 16.5. The van der Waals surface area contributed by atoms with Gasteiger partial charge in [0, 0.05) is 31.7 Å². The third-order valence-electron chi connectivity index (χ3n) is 5.34. The molecule has 1 aliphatic rings. The molecule has 2 rings (SSSR count). The van der Waals surface area contributed by atoms with Gasteiger partial charge in [0.25, 0.3) is 0 Å². The highest BCUT2D eigenvalue weighted by Gasteiger charge is 2.26. The number of carbonyl (C=O) groups is 1. The maximum Gasteiger partial charge on any atom is 0.317 e. The van der Waals surface area contributed by atoms with Crippen LogP contribution in [0.25, 0.3) is 0 Å². The van der Waals surface area contributed by atoms with Crippen LogP contribution in [0.3, 0.4) is 0 Å². The molecule has 0 spiro atoms. The molecule has 0 unspecified atom stereocenters. The van der Waals surface area contributed by atoms with Gasteiger partial charge in [-0.3, -0.25) is 0 Å². The van der Waals surface area contributed by atoms with Gasteiger partial charge in [-0.2, -0.15) is 0 Å². The zero-order valence-electron chi connectivity index (χ0n) is 15.1. The zero-order chi connectivity index (χ0) is 17.5. The van der Waals surface area contributed by atoms with Crippen LogP contribution in [0.2, 0.25) is 0 Å². The molecule has 1 saturated carbocycles. The van der Waals surface area contributed by atoms with Crippen LogP contribution in [0.15, 0.2) is 10.6 Å². The molecule has 2 N–H and O–H groups in total. The maximum atomic E-state index is 12.3. The third kappa shape index (κ3) is 4.72. The van der Waals surface area contributed by atoms with E-state index >= 15 is 0 Å². The number of aliphatic hydroxyl groups is 1. The second-order valence-electron chi connectivity index (χ2n) is 6.86. The molecular weight excluding hydrogens is 306 g/mol. The van der Waals surface area contributed by atoms with Crippen molar-refractivity contribution in [1.29, 1.82) is 0 Å². The van der Waals surface area contributed by atoms with Crippen molar-refractivity contribution in [2.24, 2.45) is 5.92 Å². The second kappa shape index (κ2) is 9.06. The van der Waals surface area contributed by atoms with Gasteiger partial charge in [0.2, 0.25) is 0 Å². The number of carbonyl (C=O) groups excluding carboxylic acids is 1. The molecule has 1 aromatic heterocycles. The lowest BCUT2D eigenvalue weighted by Crippen LogP contribution is -2.45. The van der Waals surface area contributed by atoms with Gasteiger partial charge in [0.05, 0.1) is 12.2 Å². The fourth-order valence-corrected chi connectivity index (χ4v) is 3.48. The van der Waals surface area contributed by atoms with Crippen molar-refractivity contribution in [1.82, 2.24) is 15.4 Å². The van der Waals surface area contributed by atoms with Crippen molar-refractivity contribution in [2.75, 3.05) is 13.7 Å². The SMILES string of the molecule is CCC(CC)c1cc(CNC(=O)N(C)C2CCC(CO)CC2)on1. The van der Waals surface area contributed by atoms with Crippen LogP contribution >= 0.6 is 0 Å². The summed E-state index contributed by atoms with van der Waals surface area (Å²) in [5.74, 6) is 1.51. The molecule has 2 amide bonds. The molecule has 0 aliphatic heterocycles. The summed E-state index contributed by atoms with van der Waals surface area (Å²) in [5.41, 5.74) is 0.972. The number of rotatable bonds is 7. The molecule has 0 saturated heterocycles. The standard InChI is InChI=1S/C18H31N3O3/c1-4-14(5-2)17-10-16(24-20-17)11-19-18(23)21(3)15-8-6-13(12-22)7-9-15/h10,13-15,22H,4-9,11-12H2,1-3H3,(H,19,23). The van der Waals surface area contributed by atoms with Gasteiger partial charge in [0.1, 0.15) is 0 Å². The lowest BCUT2D eigenvalue weighted by Gasteiger charge is -2.34. The number of hydrogen-bond donors (Lipinski definition) is 2. The first-order valence-corrected chi connectivity index (χ1v) is 9.15. The molecule has 1 aliphatic carbocycles. The number of amides is 2. The van der Waals surface area contributed by atoms with Gasteiger partial charge < -0.3 is 19.8 Å². The monoisotopic (exact) mass is 337 g/mol. The van der Waals surface area contributed by atoms with E-state index in [0.717, 1.165) is 44.2 Å². The van der Waals surface area contributed by atoms with Crippen LogP contribution in [0.4, 0.5) is 4.79 Å². The summed E-state index contributed by atoms with van der Waals surface area (Å²) in [6, 6.07) is 2.12. The Kier molecular flexibility index (Phi) is 7.09. The summed E-state index contributed by atoms with van der Waals surface area (Å²) >= 11 is 0. The topological polar surface area (TPSA) is 78.6 Å². The van der Waals surface area contributed by atoms with Crippen molar-refractivity contribution in [3.63, 3.8) is 0 Å². The molecule has 0 bridgehead atoms. The summed E-state index contributed by atoms with van der Waals surface area (Å²) in [5, 5.41) is 16.2. The first-order chi connectivity index (χ1) is 11.6. The summed E-state index contributed by atoms with van der Waals surface area (Å²) < 4.78 is 5.34. The van der Waals surface area contributed by atoms with E-state index in [1.807, 2.05) is 13.1 Å². The van der Waals surface area contributed by atoms with E-state index in [-0.39, 0.29) is 18.7 Å². The molecule has 1 aromatic rings. The Morgan fingerprint density at radius 1 is 1.38 bits per heavy atom. The van der Waals surface area contributed by atoms with Gasteiger partial charge in [-0.1, -0.05) is 19.0 Å². The molecule has 0 aromatic carbocycles. The molecule has 1 heterocycles. The smallest absolute Gasteiger partial charge is 0.317 e. The van der Waals surface area contributed by atoms with Gasteiger partial charge in [-0.15, -0.1) is 0 Å². The Balaban J connectivity index is 1.80. The summed E-state index contributed by atoms with van der Waals surface area (Å²) in [4.78, 5) is 14.1. The van der Waals surface area contributed by atoms with Crippen molar-refractivity contribution in [3.05, 3.63) is 17.5 Å². The van der Waals surface area contributed by atoms with Crippen LogP contribution in [0, 0.1) is 5.92 Å². The lowest BCUT2D eigenvalue weighted by molar-refractivity contribution is 0.133. The predicted molar refractivity (Wildman–Crippen MR) is 92.7 cm³/mol. The molecule has 136 valence electrons. The Labute approximate surface area is 144 Å². The molecule has 1 fully saturated rings. The van der Waals surface area contributed by atoms with E-state index < -0.39 is 0 Å². The number of nitrogens with one attached hydrogen (secondary N) is 1. The van der Waals surface area contributed by atoms with Gasteiger partial charge >= 0.3 is 6.03 Å². The van der Waals surface area contributed by atoms with Crippen molar-refractivity contribution >= 4 is 6.03 Å². The van der Waals surface area contributed by atoms with Gasteiger partial charge in [-0.25, -0.2) is 4.79 Å². The van der Waals surface area contributed by atoms with Crippen molar-refractivity contribution in [2.45, 2.75) is 70.9 Å². The van der Waals surface area contributed by atoms with E-state index in [1.54, 1.807) is 4.90 Å². The Hall–Kier alpha value is -1.56. The highest BCUT2D eigenvalue weighted by molar-refractivity contribution is 5.74. The third-order valence-corrected chi connectivity index (χ3v) is 5.34.